The van der Waals surface area contributed by atoms with Gasteiger partial charge in [-0.1, -0.05) is 0 Å². The molecule has 1 aliphatic heterocycles. The second-order valence-corrected chi connectivity index (χ2v) is 5.23. The van der Waals surface area contributed by atoms with Gasteiger partial charge in [-0.2, -0.15) is 0 Å². The topological polar surface area (TPSA) is 66.0 Å². The smallest absolute Gasteiger partial charge is 0.493 e. The number of hydrogen-bond donors (Lipinski definition) is 1. The summed E-state index contributed by atoms with van der Waals surface area (Å²) in [5, 5.41) is 2.58. The maximum absolute atomic E-state index is 12.4. The minimum atomic E-state index is -4.77. The zero-order chi connectivity index (χ0) is 18.7. The molecular weight excluding hydrogens is 355 g/mol. The molecule has 6 nitrogen and oxygen atoms in total. The summed E-state index contributed by atoms with van der Waals surface area (Å²) in [6, 6.07) is 7.81. The lowest BCUT2D eigenvalue weighted by molar-refractivity contribution is -0.274. The van der Waals surface area contributed by atoms with Crippen molar-refractivity contribution >= 4 is 11.6 Å². The Morgan fingerprint density at radius 1 is 1.12 bits per heavy atom. The number of nitrogens with one attached hydrogen (secondary N) is 1. The molecule has 1 aliphatic rings. The maximum Gasteiger partial charge on any atom is 0.573 e. The first kappa shape index (κ1) is 17.7. The van der Waals surface area contributed by atoms with E-state index < -0.39 is 12.3 Å². The summed E-state index contributed by atoms with van der Waals surface area (Å²) in [6.45, 7) is 0.725. The highest BCUT2D eigenvalue weighted by Gasteiger charge is 2.31. The molecule has 0 fully saturated rings. The van der Waals surface area contributed by atoms with Gasteiger partial charge >= 0.3 is 6.36 Å². The van der Waals surface area contributed by atoms with Crippen LogP contribution in [0.3, 0.4) is 0 Å². The van der Waals surface area contributed by atoms with Crippen LogP contribution in [-0.4, -0.2) is 32.6 Å². The first-order chi connectivity index (χ1) is 12.4. The van der Waals surface area contributed by atoms with Gasteiger partial charge in [-0.15, -0.1) is 13.2 Å². The number of anilines is 1. The number of carbonyl (C=O) groups excluding carboxylic acids is 1. The molecule has 1 N–H and O–H groups in total. The number of halogens is 3. The number of alkyl halides is 3. The van der Waals surface area contributed by atoms with Gasteiger partial charge in [0.1, 0.15) is 19.0 Å². The normalized spacial score (nSPS) is 13.1. The van der Waals surface area contributed by atoms with E-state index in [1.165, 1.54) is 31.4 Å². The molecule has 0 bridgehead atoms. The number of ether oxygens (including phenoxy) is 4. The second kappa shape index (κ2) is 7.03. The van der Waals surface area contributed by atoms with E-state index in [0.29, 0.717) is 36.1 Å². The Hall–Kier alpha value is -3.10. The van der Waals surface area contributed by atoms with Gasteiger partial charge in [-0.05, 0) is 36.4 Å². The Balaban J connectivity index is 1.76. The molecule has 1 amide bonds. The fourth-order valence-corrected chi connectivity index (χ4v) is 2.35. The third kappa shape index (κ3) is 4.11. The molecule has 0 aliphatic carbocycles. The van der Waals surface area contributed by atoms with Crippen LogP contribution in [0.5, 0.6) is 23.0 Å². The summed E-state index contributed by atoms with van der Waals surface area (Å²) in [5.41, 5.74) is 0.556. The van der Waals surface area contributed by atoms with Crippen LogP contribution in [0, 0.1) is 0 Å². The summed E-state index contributed by atoms with van der Waals surface area (Å²) in [5.74, 6) is 0.293. The van der Waals surface area contributed by atoms with Crippen LogP contribution in [0.25, 0.3) is 0 Å². The summed E-state index contributed by atoms with van der Waals surface area (Å²) in [4.78, 5) is 12.4. The predicted octanol–water partition coefficient (Wildman–Crippen LogP) is 3.62. The molecule has 9 heteroatoms. The van der Waals surface area contributed by atoms with E-state index in [2.05, 4.69) is 10.1 Å². The number of rotatable bonds is 4. The Morgan fingerprint density at radius 3 is 2.46 bits per heavy atom. The Morgan fingerprint density at radius 2 is 1.81 bits per heavy atom. The predicted molar refractivity (Wildman–Crippen MR) is 85.1 cm³/mol. The van der Waals surface area contributed by atoms with Crippen LogP contribution in [0.4, 0.5) is 18.9 Å². The molecule has 2 aromatic rings. The van der Waals surface area contributed by atoms with Crippen LogP contribution < -0.4 is 24.3 Å². The van der Waals surface area contributed by atoms with E-state index in [1.807, 2.05) is 0 Å². The van der Waals surface area contributed by atoms with Gasteiger partial charge in [0.05, 0.1) is 7.11 Å². The standard InChI is InChI=1S/C17H14F3NO5/c1-23-13-8-10(9-14-15(13)25-7-6-24-14)16(22)21-11-2-4-12(5-3-11)26-17(18,19)20/h2-5,8-9H,6-7H2,1H3,(H,21,22). The SMILES string of the molecule is COc1cc(C(=O)Nc2ccc(OC(F)(F)F)cc2)cc2c1OCCO2. The molecule has 0 unspecified atom stereocenters. The van der Waals surface area contributed by atoms with Crippen molar-refractivity contribution in [3.63, 3.8) is 0 Å². The fraction of sp³-hybridized carbons (Fsp3) is 0.235. The van der Waals surface area contributed by atoms with E-state index in [1.54, 1.807) is 0 Å². The van der Waals surface area contributed by atoms with Crippen LogP contribution in [0.1, 0.15) is 10.4 Å². The molecule has 1 heterocycles. The van der Waals surface area contributed by atoms with E-state index in [0.717, 1.165) is 12.1 Å². The van der Waals surface area contributed by atoms with Crippen molar-refractivity contribution < 1.29 is 36.9 Å². The Bertz CT molecular complexity index is 788. The molecule has 0 atom stereocenters. The number of benzene rings is 2. The number of fused-ring (bicyclic) bond motifs is 1. The number of methoxy groups -OCH3 is 1. The molecule has 0 saturated carbocycles. The number of hydrogen-bond acceptors (Lipinski definition) is 5. The highest BCUT2D eigenvalue weighted by molar-refractivity contribution is 6.05. The lowest BCUT2D eigenvalue weighted by atomic mass is 10.1. The van der Waals surface area contributed by atoms with Crippen molar-refractivity contribution in [3.8, 4) is 23.0 Å². The van der Waals surface area contributed by atoms with E-state index >= 15 is 0 Å². The molecule has 26 heavy (non-hydrogen) atoms. The first-order valence-electron chi connectivity index (χ1n) is 7.50. The third-order valence-corrected chi connectivity index (χ3v) is 3.44. The van der Waals surface area contributed by atoms with Crippen molar-refractivity contribution in [3.05, 3.63) is 42.0 Å². The van der Waals surface area contributed by atoms with Crippen LogP contribution in [0.2, 0.25) is 0 Å². The van der Waals surface area contributed by atoms with Crippen molar-refractivity contribution in [2.75, 3.05) is 25.6 Å². The first-order valence-corrected chi connectivity index (χ1v) is 7.50. The molecular formula is C17H14F3NO5. The minimum Gasteiger partial charge on any atom is -0.493 e. The van der Waals surface area contributed by atoms with Crippen LogP contribution in [0.15, 0.2) is 36.4 Å². The molecule has 2 aromatic carbocycles. The van der Waals surface area contributed by atoms with Gasteiger partial charge in [-0.25, -0.2) is 0 Å². The largest absolute Gasteiger partial charge is 0.573 e. The van der Waals surface area contributed by atoms with Gasteiger partial charge in [-0.3, -0.25) is 4.79 Å². The monoisotopic (exact) mass is 369 g/mol. The zero-order valence-electron chi connectivity index (χ0n) is 13.6. The lowest BCUT2D eigenvalue weighted by Crippen LogP contribution is -2.18. The Kier molecular flexibility index (Phi) is 4.79. The Labute approximate surface area is 146 Å². The minimum absolute atomic E-state index is 0.252. The molecule has 0 aromatic heterocycles. The number of carbonyl (C=O) groups is 1. The van der Waals surface area contributed by atoms with E-state index in [-0.39, 0.29) is 11.3 Å². The molecule has 0 radical (unpaired) electrons. The van der Waals surface area contributed by atoms with E-state index in [9.17, 15) is 18.0 Å². The van der Waals surface area contributed by atoms with Gasteiger partial charge in [0.15, 0.2) is 11.5 Å². The van der Waals surface area contributed by atoms with Gasteiger partial charge in [0.2, 0.25) is 5.75 Å². The lowest BCUT2D eigenvalue weighted by Gasteiger charge is -2.21. The number of amides is 1. The van der Waals surface area contributed by atoms with Crippen molar-refractivity contribution in [1.29, 1.82) is 0 Å². The molecule has 0 spiro atoms. The van der Waals surface area contributed by atoms with Crippen molar-refractivity contribution in [2.45, 2.75) is 6.36 Å². The van der Waals surface area contributed by atoms with E-state index in [4.69, 9.17) is 14.2 Å². The van der Waals surface area contributed by atoms with Crippen LogP contribution >= 0.6 is 0 Å². The van der Waals surface area contributed by atoms with Crippen molar-refractivity contribution in [1.82, 2.24) is 0 Å². The quantitative estimate of drug-likeness (QED) is 0.892. The van der Waals surface area contributed by atoms with Crippen LogP contribution in [-0.2, 0) is 0 Å². The summed E-state index contributed by atoms with van der Waals surface area (Å²) in [6.07, 6.45) is -4.77. The van der Waals surface area contributed by atoms with Gasteiger partial charge < -0.3 is 24.3 Å². The fourth-order valence-electron chi connectivity index (χ4n) is 2.35. The average molecular weight is 369 g/mol. The summed E-state index contributed by atoms with van der Waals surface area (Å²) >= 11 is 0. The molecule has 138 valence electrons. The summed E-state index contributed by atoms with van der Waals surface area (Å²) < 4.78 is 56.4. The average Bonchev–Trinajstić information content (AvgIpc) is 2.61. The van der Waals surface area contributed by atoms with Crippen molar-refractivity contribution in [2.24, 2.45) is 0 Å². The molecule has 3 rings (SSSR count). The summed E-state index contributed by atoms with van der Waals surface area (Å²) in [7, 11) is 1.44. The second-order valence-electron chi connectivity index (χ2n) is 5.23. The van der Waals surface area contributed by atoms with Gasteiger partial charge in [0.25, 0.3) is 5.91 Å². The van der Waals surface area contributed by atoms with Gasteiger partial charge in [0, 0.05) is 11.3 Å². The highest BCUT2D eigenvalue weighted by atomic mass is 19.4. The zero-order valence-corrected chi connectivity index (χ0v) is 13.6. The molecule has 0 saturated heterocycles. The maximum atomic E-state index is 12.4. The highest BCUT2D eigenvalue weighted by Crippen LogP contribution is 2.40. The third-order valence-electron chi connectivity index (χ3n) is 3.44.